The number of carbonyl (C=O) groups is 8. The van der Waals surface area contributed by atoms with Crippen LogP contribution >= 0.6 is 46.8 Å². The number of rotatable bonds is 13. The van der Waals surface area contributed by atoms with Crippen LogP contribution in [0.4, 0.5) is 9.59 Å². The Morgan fingerprint density at radius 3 is 1.40 bits per heavy atom. The molecule has 0 bridgehead atoms. The molecule has 0 saturated carbocycles. The van der Waals surface area contributed by atoms with E-state index in [9.17, 15) is 38.4 Å². The number of carboxylic acids is 2. The van der Waals surface area contributed by atoms with Gasteiger partial charge in [0.2, 0.25) is 0 Å². The lowest BCUT2D eigenvalue weighted by Gasteiger charge is -2.11. The first kappa shape index (κ1) is 46.0. The molecule has 2 atom stereocenters. The van der Waals surface area contributed by atoms with E-state index in [2.05, 4.69) is 54.8 Å². The monoisotopic (exact) mass is 686 g/mol. The highest BCUT2D eigenvalue weighted by Gasteiger charge is 2.22. The predicted molar refractivity (Wildman–Crippen MR) is 154 cm³/mol. The van der Waals surface area contributed by atoms with Crippen molar-refractivity contribution in [2.75, 3.05) is 36.5 Å². The fraction of sp³-hybridized carbons (Fsp3) is 0.600. The molecule has 2 amide bonds. The number of hydrogen-bond donors (Lipinski definition) is 8. The van der Waals surface area contributed by atoms with Gasteiger partial charge in [-0.25, -0.2) is 28.8 Å². The summed E-state index contributed by atoms with van der Waals surface area (Å²) in [7, 11) is 2.06. The van der Waals surface area contributed by atoms with E-state index in [0.717, 1.165) is 21.6 Å². The maximum absolute atomic E-state index is 11.3. The zero-order valence-electron chi connectivity index (χ0n) is 22.8. The average molecular weight is 687 g/mol. The molecule has 0 rings (SSSR count). The van der Waals surface area contributed by atoms with Gasteiger partial charge in [-0.3, -0.25) is 9.59 Å². The molecule has 0 saturated heterocycles. The average Bonchev–Trinajstić information content (AvgIpc) is 2.94. The van der Waals surface area contributed by atoms with Crippen LogP contribution in [-0.2, 0) is 47.7 Å². The number of thiol groups is 2. The van der Waals surface area contributed by atoms with Crippen molar-refractivity contribution in [3.05, 3.63) is 0 Å². The number of carbonyl (C=O) groups excluding carboxylic acids is 6. The van der Waals surface area contributed by atoms with Crippen molar-refractivity contribution in [3.63, 3.8) is 0 Å². The number of carboxylic acid groups (broad SMARTS) is 2. The maximum atomic E-state index is 11.3. The van der Waals surface area contributed by atoms with E-state index >= 15 is 0 Å². The highest BCUT2D eigenvalue weighted by Crippen LogP contribution is 2.18. The molecule has 6 N–H and O–H groups in total. The smallest absolute Gasteiger partial charge is 0.415 e. The van der Waals surface area contributed by atoms with E-state index in [-0.39, 0.29) is 23.3 Å². The summed E-state index contributed by atoms with van der Waals surface area (Å²) in [6.45, 7) is 4.66. The van der Waals surface area contributed by atoms with E-state index < -0.39 is 73.4 Å². The van der Waals surface area contributed by atoms with Gasteiger partial charge in [-0.2, -0.15) is 25.3 Å². The van der Waals surface area contributed by atoms with Gasteiger partial charge in [0.15, 0.2) is 12.2 Å². The zero-order valence-corrected chi connectivity index (χ0v) is 26.2. The van der Waals surface area contributed by atoms with Gasteiger partial charge >= 0.3 is 48.0 Å². The number of esters is 4. The number of ether oxygens (including phenoxy) is 4. The molecule has 0 aromatic rings. The molecule has 0 aromatic carbocycles. The van der Waals surface area contributed by atoms with Gasteiger partial charge in [-0.1, -0.05) is 35.4 Å². The Bertz CT molecular complexity index is 862. The SMILES string of the molecule is CC.CC(OC(=O)CO)C(=O)OC(=O)NCS.CC(OC(=O)CO)C(=O)OC(=O)NCSSCC(=O)O.O=C(O)CS. The standard InChI is InChI=1S/C9H13NO8S2.C7H11NO6S.C2H4O2S.C2H6/c1-5(17-7(14)2-11)8(15)18-9(16)10-4-20-19-3-6(12)13;1-4(13-5(10)2-9)6(11)14-7(12)8-3-15;3-2(4)1-5;1-2/h5,11H,2-4H2,1H3,(H,10,16)(H,12,13);4,9,15H,2-3H2,1H3,(H,8,12);5H,1H2,(H,3,4);1-2H3. The van der Waals surface area contributed by atoms with Crippen LogP contribution in [-0.4, -0.2) is 117 Å². The van der Waals surface area contributed by atoms with Crippen LogP contribution < -0.4 is 10.6 Å². The molecule has 22 heteroatoms. The number of nitrogens with one attached hydrogen (secondary N) is 2. The van der Waals surface area contributed by atoms with Gasteiger partial charge < -0.3 is 50.0 Å². The molecular weight excluding hydrogens is 652 g/mol. The summed E-state index contributed by atoms with van der Waals surface area (Å²) in [5, 5.41) is 37.0. The van der Waals surface area contributed by atoms with E-state index in [1.807, 2.05) is 13.8 Å². The highest BCUT2D eigenvalue weighted by molar-refractivity contribution is 8.76. The van der Waals surface area contributed by atoms with Crippen molar-refractivity contribution in [3.8, 4) is 0 Å². The van der Waals surface area contributed by atoms with Gasteiger partial charge in [0.25, 0.3) is 0 Å². The van der Waals surface area contributed by atoms with Gasteiger partial charge in [-0.05, 0) is 13.8 Å². The van der Waals surface area contributed by atoms with Gasteiger partial charge in [0.1, 0.15) is 19.0 Å². The molecule has 0 radical (unpaired) electrons. The van der Waals surface area contributed by atoms with Crippen LogP contribution in [0, 0.1) is 0 Å². The Hall–Kier alpha value is -2.92. The Morgan fingerprint density at radius 1 is 0.714 bits per heavy atom. The second-order valence-corrected chi connectivity index (χ2v) is 9.07. The third kappa shape index (κ3) is 33.3. The van der Waals surface area contributed by atoms with E-state index in [1.165, 1.54) is 13.8 Å². The van der Waals surface area contributed by atoms with E-state index in [1.54, 1.807) is 0 Å². The summed E-state index contributed by atoms with van der Waals surface area (Å²) in [5.41, 5.74) is 0. The lowest BCUT2D eigenvalue weighted by Crippen LogP contribution is -2.33. The molecule has 0 aliphatic heterocycles. The third-order valence-corrected chi connectivity index (χ3v) is 5.25. The molecule has 2 unspecified atom stereocenters. The normalized spacial score (nSPS) is 10.5. The number of alkyl carbamates (subject to hydrolysis) is 2. The van der Waals surface area contributed by atoms with Gasteiger partial charge in [0.05, 0.1) is 17.5 Å². The Balaban J connectivity index is -0.000000288. The topological polar surface area (TPSA) is 278 Å². The Labute approximate surface area is 259 Å². The molecule has 0 aliphatic carbocycles. The molecule has 0 spiro atoms. The zero-order chi connectivity index (χ0) is 33.7. The van der Waals surface area contributed by atoms with Crippen LogP contribution in [0.25, 0.3) is 0 Å². The van der Waals surface area contributed by atoms with Gasteiger partial charge in [-0.15, -0.1) is 0 Å². The number of hydrogen-bond acceptors (Lipinski definition) is 18. The van der Waals surface area contributed by atoms with Crippen molar-refractivity contribution >= 4 is 94.8 Å². The Morgan fingerprint density at radius 2 is 1.10 bits per heavy atom. The first-order valence-corrected chi connectivity index (χ1v) is 14.9. The fourth-order valence-corrected chi connectivity index (χ4v) is 2.83. The lowest BCUT2D eigenvalue weighted by molar-refractivity contribution is -0.164. The molecule has 42 heavy (non-hydrogen) atoms. The number of amides is 2. The van der Waals surface area contributed by atoms with Crippen LogP contribution in [0.3, 0.4) is 0 Å². The van der Waals surface area contributed by atoms with Crippen molar-refractivity contribution in [2.45, 2.75) is 39.9 Å². The first-order chi connectivity index (χ1) is 19.6. The third-order valence-electron chi connectivity index (χ3n) is 2.82. The summed E-state index contributed by atoms with van der Waals surface area (Å²) in [5.74, 6) is -6.15. The molecular formula is C20H34N2O16S4. The Kier molecular flexibility index (Phi) is 34.0. The molecule has 0 aromatic heterocycles. The van der Waals surface area contributed by atoms with E-state index in [0.29, 0.717) is 0 Å². The minimum Gasteiger partial charge on any atom is -0.481 e. The summed E-state index contributed by atoms with van der Waals surface area (Å²) >= 11 is 7.08. The van der Waals surface area contributed by atoms with Crippen molar-refractivity contribution in [2.24, 2.45) is 0 Å². The molecule has 0 heterocycles. The second-order valence-electron chi connectivity index (χ2n) is 5.98. The van der Waals surface area contributed by atoms with Crippen molar-refractivity contribution in [1.82, 2.24) is 10.6 Å². The number of aliphatic carboxylic acids is 2. The molecule has 0 aliphatic rings. The van der Waals surface area contributed by atoms with Crippen molar-refractivity contribution in [1.29, 1.82) is 0 Å². The predicted octanol–water partition coefficient (Wildman–Crippen LogP) is -0.336. The summed E-state index contributed by atoms with van der Waals surface area (Å²) in [4.78, 5) is 84.8. The van der Waals surface area contributed by atoms with Crippen LogP contribution in [0.2, 0.25) is 0 Å². The van der Waals surface area contributed by atoms with Crippen LogP contribution in [0.15, 0.2) is 0 Å². The minimum atomic E-state index is -1.32. The summed E-state index contributed by atoms with van der Waals surface area (Å²) < 4.78 is 17.3. The van der Waals surface area contributed by atoms with Crippen LogP contribution in [0.5, 0.6) is 0 Å². The fourth-order valence-electron chi connectivity index (χ4n) is 1.27. The summed E-state index contributed by atoms with van der Waals surface area (Å²) in [6, 6.07) is 0. The lowest BCUT2D eigenvalue weighted by atomic mass is 10.4. The second kappa shape index (κ2) is 31.0. The minimum absolute atomic E-state index is 0.0108. The number of aliphatic hydroxyl groups is 2. The number of aliphatic hydroxyl groups excluding tert-OH is 2. The molecule has 18 nitrogen and oxygen atoms in total. The van der Waals surface area contributed by atoms with Gasteiger partial charge in [0, 0.05) is 0 Å². The van der Waals surface area contributed by atoms with Crippen LogP contribution in [0.1, 0.15) is 27.7 Å². The molecule has 0 fully saturated rings. The quantitative estimate of drug-likeness (QED) is 0.0234. The first-order valence-electron chi connectivity index (χ1n) is 11.1. The largest absolute Gasteiger partial charge is 0.481 e. The molecule has 244 valence electrons. The van der Waals surface area contributed by atoms with E-state index in [4.69, 9.17) is 20.4 Å². The highest BCUT2D eigenvalue weighted by atomic mass is 33.1. The summed E-state index contributed by atoms with van der Waals surface area (Å²) in [6.07, 6.45) is -4.61. The van der Waals surface area contributed by atoms with Crippen molar-refractivity contribution < 1.29 is 77.7 Å². The maximum Gasteiger partial charge on any atom is 0.415 e.